The Balaban J connectivity index is 1.76. The van der Waals surface area contributed by atoms with Gasteiger partial charge in [-0.25, -0.2) is 4.98 Å². The second-order valence-electron chi connectivity index (χ2n) is 7.63. The van der Waals surface area contributed by atoms with Crippen molar-refractivity contribution in [1.82, 2.24) is 9.55 Å². The van der Waals surface area contributed by atoms with E-state index in [9.17, 15) is 9.59 Å². The van der Waals surface area contributed by atoms with Crippen molar-refractivity contribution in [3.63, 3.8) is 0 Å². The van der Waals surface area contributed by atoms with Gasteiger partial charge in [0.05, 0.1) is 31.6 Å². The molecule has 0 fully saturated rings. The maximum Gasteiger partial charge on any atom is 0.263 e. The summed E-state index contributed by atoms with van der Waals surface area (Å²) in [7, 11) is 3.07. The molecule has 7 nitrogen and oxygen atoms in total. The standard InChI is InChI=1S/C25H24BrN3O4S/c1-5-20-21(15-6-8-16(26)9-7-15)22-24(34-20)27-13-29(25(22)31)14(2)23(30)28-18-12-17(32-3)10-11-19(18)33-4/h6-14H,5H2,1-4H3,(H,28,30). The highest BCUT2D eigenvalue weighted by Crippen LogP contribution is 2.37. The van der Waals surface area contributed by atoms with E-state index in [0.29, 0.717) is 27.4 Å². The van der Waals surface area contributed by atoms with Gasteiger partial charge in [0.25, 0.3) is 5.56 Å². The van der Waals surface area contributed by atoms with Gasteiger partial charge >= 0.3 is 0 Å². The van der Waals surface area contributed by atoms with Crippen LogP contribution < -0.4 is 20.3 Å². The molecular weight excluding hydrogens is 518 g/mol. The van der Waals surface area contributed by atoms with Gasteiger partial charge in [0.1, 0.15) is 22.4 Å². The Morgan fingerprint density at radius 3 is 2.56 bits per heavy atom. The fraction of sp³-hybridized carbons (Fsp3) is 0.240. The van der Waals surface area contributed by atoms with E-state index in [1.807, 2.05) is 24.3 Å². The van der Waals surface area contributed by atoms with Crippen LogP contribution in [0.3, 0.4) is 0 Å². The van der Waals surface area contributed by atoms with Gasteiger partial charge in [-0.05, 0) is 43.2 Å². The van der Waals surface area contributed by atoms with Crippen LogP contribution in [0.1, 0.15) is 24.8 Å². The number of nitrogens with one attached hydrogen (secondary N) is 1. The van der Waals surface area contributed by atoms with E-state index in [-0.39, 0.29) is 11.5 Å². The average Bonchev–Trinajstić information content (AvgIpc) is 3.24. The molecule has 0 saturated carbocycles. The Hall–Kier alpha value is -3.17. The number of aryl methyl sites for hydroxylation is 1. The Labute approximate surface area is 209 Å². The van der Waals surface area contributed by atoms with Gasteiger partial charge in [0.15, 0.2) is 0 Å². The molecule has 0 radical (unpaired) electrons. The average molecular weight is 542 g/mol. The fourth-order valence-electron chi connectivity index (χ4n) is 3.77. The number of methoxy groups -OCH3 is 2. The van der Waals surface area contributed by atoms with Gasteiger partial charge in [-0.1, -0.05) is 35.0 Å². The first-order valence-electron chi connectivity index (χ1n) is 10.7. The number of ether oxygens (including phenoxy) is 2. The first-order valence-corrected chi connectivity index (χ1v) is 12.3. The minimum Gasteiger partial charge on any atom is -0.497 e. The lowest BCUT2D eigenvalue weighted by molar-refractivity contribution is -0.118. The summed E-state index contributed by atoms with van der Waals surface area (Å²) in [5, 5.41) is 3.38. The van der Waals surface area contributed by atoms with Crippen LogP contribution in [-0.4, -0.2) is 29.7 Å². The maximum absolute atomic E-state index is 13.6. The van der Waals surface area contributed by atoms with Crippen molar-refractivity contribution < 1.29 is 14.3 Å². The molecule has 0 aliphatic heterocycles. The molecule has 9 heteroatoms. The highest BCUT2D eigenvalue weighted by molar-refractivity contribution is 9.10. The Bertz CT molecular complexity index is 1410. The maximum atomic E-state index is 13.6. The molecule has 1 N–H and O–H groups in total. The number of thiophene rings is 1. The predicted molar refractivity (Wildman–Crippen MR) is 139 cm³/mol. The van der Waals surface area contributed by atoms with Crippen LogP contribution in [0.5, 0.6) is 11.5 Å². The number of hydrogen-bond acceptors (Lipinski definition) is 6. The van der Waals surface area contributed by atoms with Crippen molar-refractivity contribution in [2.24, 2.45) is 0 Å². The minimum absolute atomic E-state index is 0.251. The SMILES string of the molecule is CCc1sc2ncn(C(C)C(=O)Nc3cc(OC)ccc3OC)c(=O)c2c1-c1ccc(Br)cc1. The van der Waals surface area contributed by atoms with Crippen molar-refractivity contribution >= 4 is 49.1 Å². The molecule has 2 aromatic carbocycles. The molecule has 34 heavy (non-hydrogen) atoms. The number of anilines is 1. The number of benzene rings is 2. The molecule has 176 valence electrons. The van der Waals surface area contributed by atoms with Gasteiger partial charge in [0.2, 0.25) is 5.91 Å². The van der Waals surface area contributed by atoms with Crippen LogP contribution in [0.4, 0.5) is 5.69 Å². The zero-order valence-corrected chi connectivity index (χ0v) is 21.6. The highest BCUT2D eigenvalue weighted by Gasteiger charge is 2.23. The zero-order valence-electron chi connectivity index (χ0n) is 19.2. The van der Waals surface area contributed by atoms with E-state index in [2.05, 4.69) is 33.2 Å². The second kappa shape index (κ2) is 9.99. The molecule has 0 aliphatic carbocycles. The number of hydrogen-bond donors (Lipinski definition) is 1. The summed E-state index contributed by atoms with van der Waals surface area (Å²) >= 11 is 4.98. The summed E-state index contributed by atoms with van der Waals surface area (Å²) in [6.07, 6.45) is 2.22. The number of fused-ring (bicyclic) bond motifs is 1. The minimum atomic E-state index is -0.803. The molecular formula is C25H24BrN3O4S. The van der Waals surface area contributed by atoms with E-state index < -0.39 is 6.04 Å². The number of carbonyl (C=O) groups is 1. The fourth-order valence-corrected chi connectivity index (χ4v) is 5.13. The number of aromatic nitrogens is 2. The highest BCUT2D eigenvalue weighted by atomic mass is 79.9. The molecule has 0 saturated heterocycles. The van der Waals surface area contributed by atoms with Crippen LogP contribution in [0.15, 0.2) is 58.1 Å². The lowest BCUT2D eigenvalue weighted by Gasteiger charge is -2.17. The molecule has 2 heterocycles. The van der Waals surface area contributed by atoms with Crippen molar-refractivity contribution in [2.75, 3.05) is 19.5 Å². The van der Waals surface area contributed by atoms with E-state index in [1.165, 1.54) is 29.3 Å². The molecule has 1 amide bonds. The van der Waals surface area contributed by atoms with E-state index in [4.69, 9.17) is 9.47 Å². The summed E-state index contributed by atoms with van der Waals surface area (Å²) in [6, 6.07) is 12.2. The van der Waals surface area contributed by atoms with Gasteiger partial charge < -0.3 is 14.8 Å². The number of rotatable bonds is 7. The van der Waals surface area contributed by atoms with Crippen molar-refractivity contribution in [3.8, 4) is 22.6 Å². The number of carbonyl (C=O) groups excluding carboxylic acids is 1. The first kappa shape index (κ1) is 24.0. The number of nitrogens with zero attached hydrogens (tertiary/aromatic N) is 2. The molecule has 2 aromatic heterocycles. The van der Waals surface area contributed by atoms with Gasteiger partial charge in [0, 0.05) is 21.0 Å². The van der Waals surface area contributed by atoms with E-state index >= 15 is 0 Å². The summed E-state index contributed by atoms with van der Waals surface area (Å²) in [5.74, 6) is 0.699. The summed E-state index contributed by atoms with van der Waals surface area (Å²) in [6.45, 7) is 3.73. The van der Waals surface area contributed by atoms with Crippen molar-refractivity contribution in [1.29, 1.82) is 0 Å². The lowest BCUT2D eigenvalue weighted by atomic mass is 10.0. The first-order chi connectivity index (χ1) is 16.4. The quantitative estimate of drug-likeness (QED) is 0.326. The molecule has 1 atom stereocenters. The number of amides is 1. The second-order valence-corrected chi connectivity index (χ2v) is 9.63. The number of halogens is 1. The Morgan fingerprint density at radius 1 is 1.18 bits per heavy atom. The van der Waals surface area contributed by atoms with Crippen LogP contribution in [0.2, 0.25) is 0 Å². The third kappa shape index (κ3) is 4.45. The van der Waals surface area contributed by atoms with Crippen molar-refractivity contribution in [3.05, 3.63) is 68.5 Å². The summed E-state index contributed by atoms with van der Waals surface area (Å²) in [5.41, 5.74) is 2.03. The van der Waals surface area contributed by atoms with Gasteiger partial charge in [-0.2, -0.15) is 0 Å². The van der Waals surface area contributed by atoms with Crippen LogP contribution in [0, 0.1) is 0 Å². The third-order valence-electron chi connectivity index (χ3n) is 5.63. The molecule has 1 unspecified atom stereocenters. The monoisotopic (exact) mass is 541 g/mol. The topological polar surface area (TPSA) is 82.5 Å². The Morgan fingerprint density at radius 2 is 1.91 bits per heavy atom. The van der Waals surface area contributed by atoms with Gasteiger partial charge in [-0.15, -0.1) is 11.3 Å². The molecule has 4 rings (SSSR count). The normalized spacial score (nSPS) is 11.9. The Kier molecular flexibility index (Phi) is 7.04. The molecule has 0 bridgehead atoms. The zero-order chi connectivity index (χ0) is 24.4. The predicted octanol–water partition coefficient (Wildman–Crippen LogP) is 5.67. The van der Waals surface area contributed by atoms with Crippen molar-refractivity contribution in [2.45, 2.75) is 26.3 Å². The lowest BCUT2D eigenvalue weighted by Crippen LogP contribution is -2.31. The molecule has 0 spiro atoms. The third-order valence-corrected chi connectivity index (χ3v) is 7.40. The summed E-state index contributed by atoms with van der Waals surface area (Å²) < 4.78 is 12.9. The molecule has 4 aromatic rings. The van der Waals surface area contributed by atoms with Crippen LogP contribution in [-0.2, 0) is 11.2 Å². The van der Waals surface area contributed by atoms with Crippen LogP contribution in [0.25, 0.3) is 21.3 Å². The van der Waals surface area contributed by atoms with E-state index in [0.717, 1.165) is 26.9 Å². The largest absolute Gasteiger partial charge is 0.497 e. The smallest absolute Gasteiger partial charge is 0.263 e. The van der Waals surface area contributed by atoms with Crippen LogP contribution >= 0.6 is 27.3 Å². The summed E-state index contributed by atoms with van der Waals surface area (Å²) in [4.78, 5) is 33.0. The van der Waals surface area contributed by atoms with E-state index in [1.54, 1.807) is 32.2 Å². The molecule has 0 aliphatic rings. The van der Waals surface area contributed by atoms with Gasteiger partial charge in [-0.3, -0.25) is 14.2 Å².